The van der Waals surface area contributed by atoms with Crippen LogP contribution in [0, 0.1) is 0 Å². The van der Waals surface area contributed by atoms with Crippen LogP contribution in [0.1, 0.15) is 101 Å². The van der Waals surface area contributed by atoms with Gasteiger partial charge in [0.05, 0.1) is 0 Å². The van der Waals surface area contributed by atoms with Gasteiger partial charge in [-0.05, 0) is 0 Å². The van der Waals surface area contributed by atoms with Gasteiger partial charge >= 0.3 is 207 Å². The zero-order valence-electron chi connectivity index (χ0n) is 20.6. The summed E-state index contributed by atoms with van der Waals surface area (Å²) in [5, 5.41) is 0. The molecule has 0 saturated carbocycles. The normalized spacial score (nSPS) is 11.8. The molecule has 3 rings (SSSR count). The molecule has 0 aliphatic heterocycles. The molecule has 0 unspecified atom stereocenters. The van der Waals surface area contributed by atoms with Crippen LogP contribution in [0.5, 0.6) is 0 Å². The van der Waals surface area contributed by atoms with E-state index in [1.54, 1.807) is 3.12 Å². The van der Waals surface area contributed by atoms with Crippen LogP contribution in [0.15, 0.2) is 54.6 Å². The van der Waals surface area contributed by atoms with Crippen LogP contribution in [0.4, 0.5) is 0 Å². The van der Waals surface area contributed by atoms with Crippen molar-refractivity contribution in [1.82, 2.24) is 0 Å². The van der Waals surface area contributed by atoms with Gasteiger partial charge in [-0.25, -0.2) is 0 Å². The van der Waals surface area contributed by atoms with Gasteiger partial charge in [-0.1, -0.05) is 0 Å². The topological polar surface area (TPSA) is 0 Å². The van der Waals surface area contributed by atoms with E-state index < -0.39 is 0 Å². The minimum absolute atomic E-state index is 0.510. The molecule has 0 bridgehead atoms. The predicted molar refractivity (Wildman–Crippen MR) is 139 cm³/mol. The van der Waals surface area contributed by atoms with Crippen molar-refractivity contribution >= 4 is 28.9 Å². The Labute approximate surface area is 206 Å². The summed E-state index contributed by atoms with van der Waals surface area (Å²) in [6.07, 6.45) is 0. The Kier molecular flexibility index (Phi) is 7.83. The van der Waals surface area contributed by atoms with Crippen LogP contribution in [0.2, 0.25) is 0 Å². The molecule has 0 aliphatic carbocycles. The van der Waals surface area contributed by atoms with E-state index in [0.717, 1.165) is 25.8 Å². The van der Waals surface area contributed by atoms with Gasteiger partial charge in [-0.3, -0.25) is 0 Å². The van der Waals surface area contributed by atoms with Gasteiger partial charge < -0.3 is 0 Å². The molecule has 0 radical (unpaired) electrons. The van der Waals surface area contributed by atoms with Crippen LogP contribution >= 0.6 is 0 Å². The summed E-state index contributed by atoms with van der Waals surface area (Å²) < 4.78 is 1.56. The van der Waals surface area contributed by atoms with Gasteiger partial charge in [0.2, 0.25) is 0 Å². The van der Waals surface area contributed by atoms with Gasteiger partial charge in [-0.2, -0.15) is 0 Å². The molecule has 0 amide bonds. The van der Waals surface area contributed by atoms with Crippen molar-refractivity contribution in [2.45, 2.75) is 79.1 Å². The number of hydrogen-bond donors (Lipinski definition) is 0. The third-order valence-corrected chi connectivity index (χ3v) is 8.81. The summed E-state index contributed by atoms with van der Waals surface area (Å²) in [7, 11) is 0. The van der Waals surface area contributed by atoms with Crippen LogP contribution < -0.4 is 3.12 Å². The fraction of sp³-hybridized carbons (Fsp3) is 0.400. The average molecular weight is 602 g/mol. The third kappa shape index (κ3) is 4.84. The molecule has 1 heteroatoms. The quantitative estimate of drug-likeness (QED) is 0.249. The average Bonchev–Trinajstić information content (AvgIpc) is 2.72. The van der Waals surface area contributed by atoms with E-state index in [1.165, 1.54) is 44.5 Å². The third-order valence-electron chi connectivity index (χ3n) is 6.39. The van der Waals surface area contributed by atoms with Crippen molar-refractivity contribution in [3.05, 3.63) is 76.9 Å². The van der Waals surface area contributed by atoms with Crippen LogP contribution in [0.25, 0.3) is 22.3 Å². The molecule has 3 aromatic carbocycles. The molecule has 0 aliphatic rings. The summed E-state index contributed by atoms with van der Waals surface area (Å²) in [6, 6.07) is 20.9. The summed E-state index contributed by atoms with van der Waals surface area (Å²) >= 11 is 0.761. The van der Waals surface area contributed by atoms with E-state index in [-0.39, 0.29) is 0 Å². The number of rotatable bonds is 6. The van der Waals surface area contributed by atoms with Crippen molar-refractivity contribution in [1.29, 1.82) is 0 Å². The second-order valence-corrected chi connectivity index (χ2v) is 12.3. The van der Waals surface area contributed by atoms with E-state index >= 15 is 0 Å². The Hall–Kier alpha value is -1.42. The molecule has 0 saturated heterocycles. The van der Waals surface area contributed by atoms with Crippen LogP contribution in [0.3, 0.4) is 0 Å². The van der Waals surface area contributed by atoms with E-state index in [0.29, 0.717) is 23.7 Å². The fourth-order valence-electron chi connectivity index (χ4n) is 4.73. The van der Waals surface area contributed by atoms with Gasteiger partial charge in [0, 0.05) is 0 Å². The number of hydrogen-bond acceptors (Lipinski definition) is 0. The second kappa shape index (κ2) is 10.0. The van der Waals surface area contributed by atoms with Gasteiger partial charge in [0.25, 0.3) is 0 Å². The van der Waals surface area contributed by atoms with E-state index in [1.807, 2.05) is 0 Å². The van der Waals surface area contributed by atoms with Gasteiger partial charge in [-0.15, -0.1) is 0 Å². The maximum absolute atomic E-state index is 2.37. The molecule has 0 fully saturated rings. The van der Waals surface area contributed by atoms with Gasteiger partial charge in [0.1, 0.15) is 0 Å². The Balaban J connectivity index is 2.38. The minimum atomic E-state index is 0.510. The van der Waals surface area contributed by atoms with Crippen molar-refractivity contribution in [2.24, 2.45) is 0 Å². The van der Waals surface area contributed by atoms with E-state index in [2.05, 4.69) is 110 Å². The van der Waals surface area contributed by atoms with Crippen molar-refractivity contribution in [3.63, 3.8) is 0 Å². The van der Waals surface area contributed by atoms with Crippen LogP contribution in [-0.2, 0) is 0 Å². The molecular weight excluding hydrogens is 565 g/mol. The zero-order chi connectivity index (χ0) is 22.9. The first-order valence-electron chi connectivity index (χ1n) is 11.8. The fourth-order valence-corrected chi connectivity index (χ4v) is 6.60. The van der Waals surface area contributed by atoms with E-state index in [9.17, 15) is 0 Å². The molecule has 31 heavy (non-hydrogen) atoms. The molecule has 0 N–H and O–H groups in total. The Morgan fingerprint density at radius 3 is 0.968 bits per heavy atom. The SMILES string of the molecule is CC(C)c1cccc(C(C)C)c1-c1cccc(-c2c(C(C)C)cccc2C(C)C)[c]1[Tl]. The summed E-state index contributed by atoms with van der Waals surface area (Å²) in [6.45, 7) is 18.6. The Morgan fingerprint density at radius 1 is 0.452 bits per heavy atom. The first-order chi connectivity index (χ1) is 14.6. The van der Waals surface area contributed by atoms with Gasteiger partial charge in [0.15, 0.2) is 0 Å². The summed E-state index contributed by atoms with van der Waals surface area (Å²) in [5.41, 5.74) is 11.8. The molecule has 3 aromatic rings. The molecule has 0 nitrogen and oxygen atoms in total. The second-order valence-electron chi connectivity index (χ2n) is 10.0. The number of benzene rings is 3. The standard InChI is InChI=1S/C30H37.Tl/c1-19(2)25-14-10-15-26(20(3)4)29(25)23-12-9-13-24(18-23)30-27(21(5)6)16-11-17-28(30)22(7)8;/h9-17,19-22H,1-8H3;. The first-order valence-corrected chi connectivity index (χ1v) is 14.0. The maximum atomic E-state index is 2.37. The zero-order valence-corrected chi connectivity index (χ0v) is 25.1. The first kappa shape index (κ1) is 24.2. The molecule has 0 heterocycles. The van der Waals surface area contributed by atoms with Crippen molar-refractivity contribution < 1.29 is 0 Å². The predicted octanol–water partition coefficient (Wildman–Crippen LogP) is 8.31. The van der Waals surface area contributed by atoms with Crippen molar-refractivity contribution in [3.8, 4) is 22.3 Å². The monoisotopic (exact) mass is 602 g/mol. The summed E-state index contributed by atoms with van der Waals surface area (Å²) in [5.74, 6) is 2.04. The van der Waals surface area contributed by atoms with Crippen molar-refractivity contribution in [2.75, 3.05) is 0 Å². The Bertz CT molecular complexity index is 920. The molecular formula is C30H37Tl. The molecule has 160 valence electrons. The van der Waals surface area contributed by atoms with E-state index in [4.69, 9.17) is 0 Å². The Morgan fingerprint density at radius 2 is 0.710 bits per heavy atom. The summed E-state index contributed by atoms with van der Waals surface area (Å²) in [4.78, 5) is 0. The molecule has 0 atom stereocenters. The molecule has 0 aromatic heterocycles. The molecule has 0 spiro atoms. The van der Waals surface area contributed by atoms with Crippen LogP contribution in [-0.4, -0.2) is 25.8 Å².